The van der Waals surface area contributed by atoms with Gasteiger partial charge in [0.25, 0.3) is 0 Å². The van der Waals surface area contributed by atoms with Crippen LogP contribution in [0, 0.1) is 0 Å². The number of hydrogen-bond donors (Lipinski definition) is 5. The van der Waals surface area contributed by atoms with Gasteiger partial charge in [-0.2, -0.15) is 0 Å². The first-order chi connectivity index (χ1) is 10.2. The fraction of sp³-hybridized carbons (Fsp3) is 0.643. The van der Waals surface area contributed by atoms with E-state index in [1.54, 1.807) is 7.05 Å². The predicted octanol–water partition coefficient (Wildman–Crippen LogP) is -0.201. The van der Waals surface area contributed by atoms with Crippen molar-refractivity contribution in [3.8, 4) is 0 Å². The van der Waals surface area contributed by atoms with E-state index in [1.807, 2.05) is 19.1 Å². The minimum absolute atomic E-state index is 0.0306. The van der Waals surface area contributed by atoms with E-state index < -0.39 is 0 Å². The summed E-state index contributed by atoms with van der Waals surface area (Å²) in [5.74, 6) is 0.341. The number of guanidine groups is 1. The molecule has 0 amide bonds. The van der Waals surface area contributed by atoms with Gasteiger partial charge in [0.05, 0.1) is 18.0 Å². The van der Waals surface area contributed by atoms with E-state index in [1.165, 1.54) is 0 Å². The lowest BCUT2D eigenvalue weighted by Crippen LogP contribution is -2.49. The topological polar surface area (TPSA) is 95.7 Å². The van der Waals surface area contributed by atoms with E-state index in [2.05, 4.69) is 33.1 Å². The highest BCUT2D eigenvalue weighted by molar-refractivity contribution is 5.78. The van der Waals surface area contributed by atoms with Crippen molar-refractivity contribution in [2.75, 3.05) is 26.7 Å². The maximum absolute atomic E-state index is 5.60. The van der Waals surface area contributed by atoms with Gasteiger partial charge >= 0.3 is 0 Å². The third-order valence-electron chi connectivity index (χ3n) is 3.03. The second-order valence-corrected chi connectivity index (χ2v) is 4.79. The van der Waals surface area contributed by atoms with Crippen molar-refractivity contribution < 1.29 is 4.74 Å². The molecule has 0 aromatic rings. The molecule has 1 heterocycles. The summed E-state index contributed by atoms with van der Waals surface area (Å²) < 4.78 is 5.60. The largest absolute Gasteiger partial charge is 0.377 e. The van der Waals surface area contributed by atoms with Gasteiger partial charge in [-0.25, -0.2) is 10.4 Å². The molecule has 0 aliphatic carbocycles. The molecule has 0 bridgehead atoms. The Hall–Kier alpha value is -1.41. The summed E-state index contributed by atoms with van der Waals surface area (Å²) in [6, 6.07) is 0. The van der Waals surface area contributed by atoms with Crippen LogP contribution in [0.5, 0.6) is 0 Å². The molecule has 0 saturated carbocycles. The molecule has 6 N–H and O–H groups in total. The zero-order valence-corrected chi connectivity index (χ0v) is 13.0. The number of nitrogens with one attached hydrogen (secondary N) is 4. The van der Waals surface area contributed by atoms with Gasteiger partial charge in [-0.1, -0.05) is 13.5 Å². The van der Waals surface area contributed by atoms with Gasteiger partial charge in [-0.05, 0) is 25.0 Å². The van der Waals surface area contributed by atoms with E-state index in [4.69, 9.17) is 10.5 Å². The quantitative estimate of drug-likeness (QED) is 0.133. The summed E-state index contributed by atoms with van der Waals surface area (Å²) in [7, 11) is 1.72. The first-order valence-electron chi connectivity index (χ1n) is 7.38. The van der Waals surface area contributed by atoms with E-state index >= 15 is 0 Å². The maximum Gasteiger partial charge on any atom is 0.193 e. The number of allylic oxidation sites excluding steroid dienone is 1. The van der Waals surface area contributed by atoms with E-state index in [9.17, 15) is 0 Å². The fourth-order valence-corrected chi connectivity index (χ4v) is 1.90. The van der Waals surface area contributed by atoms with Gasteiger partial charge in [0.15, 0.2) is 5.96 Å². The Morgan fingerprint density at radius 3 is 3.00 bits per heavy atom. The van der Waals surface area contributed by atoms with Gasteiger partial charge < -0.3 is 15.8 Å². The number of rotatable bonds is 9. The third kappa shape index (κ3) is 7.81. The van der Waals surface area contributed by atoms with Crippen LogP contribution in [-0.4, -0.2) is 45.0 Å². The highest BCUT2D eigenvalue weighted by Crippen LogP contribution is 2.10. The van der Waals surface area contributed by atoms with Gasteiger partial charge in [-0.15, -0.1) is 0 Å². The smallest absolute Gasteiger partial charge is 0.193 e. The molecule has 21 heavy (non-hydrogen) atoms. The van der Waals surface area contributed by atoms with Gasteiger partial charge in [0.2, 0.25) is 0 Å². The average molecular weight is 296 g/mol. The van der Waals surface area contributed by atoms with E-state index in [0.717, 1.165) is 32.5 Å². The number of ether oxygens (including phenoxy) is 1. The molecular formula is C14H28N6O. The Bertz CT molecular complexity index is 362. The molecule has 2 atom stereocenters. The molecule has 7 nitrogen and oxygen atoms in total. The van der Waals surface area contributed by atoms with Gasteiger partial charge in [0, 0.05) is 26.7 Å². The zero-order valence-electron chi connectivity index (χ0n) is 13.0. The number of aliphatic imine (C=N–C) groups is 1. The van der Waals surface area contributed by atoms with Gasteiger partial charge in [-0.3, -0.25) is 10.7 Å². The Morgan fingerprint density at radius 2 is 2.38 bits per heavy atom. The van der Waals surface area contributed by atoms with Gasteiger partial charge in [0.1, 0.15) is 0 Å². The number of hydrogen-bond acceptors (Lipinski definition) is 5. The lowest BCUT2D eigenvalue weighted by atomic mass is 10.2. The van der Waals surface area contributed by atoms with Crippen LogP contribution in [-0.2, 0) is 4.74 Å². The summed E-state index contributed by atoms with van der Waals surface area (Å²) in [5.41, 5.74) is 12.4. The molecule has 1 unspecified atom stereocenters. The molecule has 0 aromatic carbocycles. The van der Waals surface area contributed by atoms with Crippen LogP contribution in [0.1, 0.15) is 19.8 Å². The van der Waals surface area contributed by atoms with Crippen molar-refractivity contribution in [3.63, 3.8) is 0 Å². The molecular weight excluding hydrogens is 268 g/mol. The minimum atomic E-state index is -0.0306. The summed E-state index contributed by atoms with van der Waals surface area (Å²) in [6.45, 7) is 8.37. The molecule has 0 radical (unpaired) electrons. The molecule has 7 heteroatoms. The standard InChI is InChI=1S/C14H28N6O/c1-4-18-20-13(17-10-12-6-5-9-21-12)8-7-11(2)19-14(15)16-3/h7-8,12-13,17-18,20H,2,4-6,9-10H2,1,3H3,(H3,15,16,19)/b8-7+/t12-,13?/m0/s1. The first kappa shape index (κ1) is 17.6. The van der Waals surface area contributed by atoms with Crippen molar-refractivity contribution in [3.05, 3.63) is 24.4 Å². The van der Waals surface area contributed by atoms with Crippen LogP contribution in [0.3, 0.4) is 0 Å². The van der Waals surface area contributed by atoms with E-state index in [-0.39, 0.29) is 6.17 Å². The fourth-order valence-electron chi connectivity index (χ4n) is 1.90. The lowest BCUT2D eigenvalue weighted by molar-refractivity contribution is 0.107. The van der Waals surface area contributed by atoms with Crippen LogP contribution in [0.4, 0.5) is 0 Å². The van der Waals surface area contributed by atoms with Crippen molar-refractivity contribution in [2.45, 2.75) is 32.0 Å². The Balaban J connectivity index is 2.45. The Morgan fingerprint density at radius 1 is 1.57 bits per heavy atom. The molecule has 1 aliphatic rings. The number of nitrogens with two attached hydrogens (primary N) is 1. The van der Waals surface area contributed by atoms with Crippen molar-refractivity contribution >= 4 is 5.96 Å². The predicted molar refractivity (Wildman–Crippen MR) is 86.5 cm³/mol. The molecule has 0 spiro atoms. The summed E-state index contributed by atoms with van der Waals surface area (Å²) in [4.78, 5) is 4.09. The SMILES string of the molecule is C=C(/C=C/C(NC[C@@H]1CCCO1)NNCC)/N=C(/N)NC. The van der Waals surface area contributed by atoms with Crippen LogP contribution in [0.2, 0.25) is 0 Å². The van der Waals surface area contributed by atoms with Crippen LogP contribution in [0.25, 0.3) is 0 Å². The monoisotopic (exact) mass is 296 g/mol. The molecule has 1 fully saturated rings. The second-order valence-electron chi connectivity index (χ2n) is 4.79. The van der Waals surface area contributed by atoms with E-state index in [0.29, 0.717) is 17.8 Å². The second kappa shape index (κ2) is 10.3. The number of hydrazine groups is 1. The highest BCUT2D eigenvalue weighted by Gasteiger charge is 2.16. The summed E-state index contributed by atoms with van der Waals surface area (Å²) in [5, 5.41) is 6.15. The Kier molecular flexibility index (Phi) is 8.68. The average Bonchev–Trinajstić information content (AvgIpc) is 2.99. The zero-order chi connectivity index (χ0) is 15.5. The van der Waals surface area contributed by atoms with Crippen molar-refractivity contribution in [1.29, 1.82) is 0 Å². The van der Waals surface area contributed by atoms with Crippen LogP contribution < -0.4 is 27.2 Å². The lowest BCUT2D eigenvalue weighted by Gasteiger charge is -2.19. The summed E-state index contributed by atoms with van der Waals surface area (Å²) in [6.07, 6.45) is 6.29. The van der Waals surface area contributed by atoms with Crippen LogP contribution in [0.15, 0.2) is 29.4 Å². The molecule has 1 saturated heterocycles. The summed E-state index contributed by atoms with van der Waals surface area (Å²) >= 11 is 0. The maximum atomic E-state index is 5.60. The Labute approximate surface area is 127 Å². The molecule has 0 aromatic heterocycles. The third-order valence-corrected chi connectivity index (χ3v) is 3.03. The van der Waals surface area contributed by atoms with Crippen molar-refractivity contribution in [2.24, 2.45) is 10.7 Å². The van der Waals surface area contributed by atoms with Crippen molar-refractivity contribution in [1.82, 2.24) is 21.5 Å². The highest BCUT2D eigenvalue weighted by atomic mass is 16.5. The molecule has 1 aliphatic heterocycles. The first-order valence-corrected chi connectivity index (χ1v) is 7.38. The van der Waals surface area contributed by atoms with Crippen LogP contribution >= 0.6 is 0 Å². The normalized spacial score (nSPS) is 20.9. The minimum Gasteiger partial charge on any atom is -0.377 e. The number of nitrogens with zero attached hydrogens (tertiary/aromatic N) is 1. The molecule has 1 rings (SSSR count). The molecule has 120 valence electrons.